The number of nitrogens with zero attached hydrogens (tertiary/aromatic N) is 1. The summed E-state index contributed by atoms with van der Waals surface area (Å²) in [5.74, 6) is -3.84. The van der Waals surface area contributed by atoms with Crippen LogP contribution in [-0.4, -0.2) is 35.5 Å². The summed E-state index contributed by atoms with van der Waals surface area (Å²) >= 11 is 0. The number of fused-ring (bicyclic) bond motifs is 1. The van der Waals surface area contributed by atoms with Gasteiger partial charge in [0.15, 0.2) is 23.6 Å². The second-order valence-electron chi connectivity index (χ2n) is 8.22. The summed E-state index contributed by atoms with van der Waals surface area (Å²) in [4.78, 5) is 48.8. The summed E-state index contributed by atoms with van der Waals surface area (Å²) in [7, 11) is 0. The molecule has 4 rings (SSSR count). The number of ether oxygens (including phenoxy) is 2. The highest BCUT2D eigenvalue weighted by atomic mass is 16.7. The molecule has 2 aromatic rings. The number of hydrogen-bond donors (Lipinski definition) is 0. The number of rotatable bonds is 4. The van der Waals surface area contributed by atoms with Crippen molar-refractivity contribution in [2.45, 2.75) is 20.1 Å². The maximum absolute atomic E-state index is 12.9. The number of carbonyl (C=O) groups is 3. The summed E-state index contributed by atoms with van der Waals surface area (Å²) < 4.78 is 11.4. The Balaban J connectivity index is 1.57. The van der Waals surface area contributed by atoms with E-state index in [1.807, 2.05) is 13.8 Å². The van der Waals surface area contributed by atoms with Crippen molar-refractivity contribution in [3.63, 3.8) is 0 Å². The van der Waals surface area contributed by atoms with Crippen LogP contribution in [0.4, 0.5) is 5.69 Å². The minimum Gasteiger partial charge on any atom is -0.348 e. The molecule has 30 heavy (non-hydrogen) atoms. The summed E-state index contributed by atoms with van der Waals surface area (Å²) in [6.45, 7) is 5.12. The molecule has 0 spiro atoms. The van der Waals surface area contributed by atoms with E-state index >= 15 is 0 Å². The normalized spacial score (nSPS) is 20.8. The van der Waals surface area contributed by atoms with Crippen molar-refractivity contribution in [2.75, 3.05) is 13.2 Å². The van der Waals surface area contributed by atoms with E-state index in [0.29, 0.717) is 18.8 Å². The molecule has 8 heteroatoms. The molecular formula is C22H19NO7. The maximum Gasteiger partial charge on any atom is 0.280 e. The Morgan fingerprint density at radius 1 is 1.03 bits per heavy atom. The van der Waals surface area contributed by atoms with Crippen LogP contribution in [0.5, 0.6) is 0 Å². The average Bonchev–Trinajstić information content (AvgIpc) is 2.98. The molecule has 1 fully saturated rings. The predicted molar refractivity (Wildman–Crippen MR) is 104 cm³/mol. The molecule has 1 aliphatic heterocycles. The Morgan fingerprint density at radius 2 is 1.67 bits per heavy atom. The zero-order chi connectivity index (χ0) is 21.6. The first-order chi connectivity index (χ1) is 14.2. The largest absolute Gasteiger partial charge is 0.348 e. The van der Waals surface area contributed by atoms with Crippen molar-refractivity contribution in [1.29, 1.82) is 0 Å². The zero-order valence-corrected chi connectivity index (χ0v) is 16.4. The van der Waals surface area contributed by atoms with Gasteiger partial charge >= 0.3 is 0 Å². The van der Waals surface area contributed by atoms with Crippen LogP contribution < -0.4 is 0 Å². The topological polar surface area (TPSA) is 113 Å². The van der Waals surface area contributed by atoms with Crippen molar-refractivity contribution >= 4 is 23.0 Å². The van der Waals surface area contributed by atoms with Gasteiger partial charge in [0.05, 0.1) is 18.1 Å². The van der Waals surface area contributed by atoms with E-state index in [1.54, 1.807) is 12.1 Å². The molecule has 1 aliphatic carbocycles. The summed E-state index contributed by atoms with van der Waals surface area (Å²) in [6, 6.07) is 10.1. The quantitative estimate of drug-likeness (QED) is 0.328. The van der Waals surface area contributed by atoms with Crippen molar-refractivity contribution < 1.29 is 28.8 Å². The van der Waals surface area contributed by atoms with E-state index in [0.717, 1.165) is 6.07 Å². The number of carbonyl (C=O) groups excluding carboxylic acids is 3. The van der Waals surface area contributed by atoms with Crippen LogP contribution in [0, 0.1) is 21.4 Å². The molecule has 1 heterocycles. The lowest BCUT2D eigenvalue weighted by Gasteiger charge is -2.34. The van der Waals surface area contributed by atoms with Crippen LogP contribution in [0.3, 0.4) is 0 Å². The Hall–Kier alpha value is -3.23. The van der Waals surface area contributed by atoms with E-state index < -0.39 is 40.2 Å². The summed E-state index contributed by atoms with van der Waals surface area (Å²) in [6.07, 6.45) is -0.552. The fourth-order valence-electron chi connectivity index (χ4n) is 3.67. The van der Waals surface area contributed by atoms with E-state index in [9.17, 15) is 24.5 Å². The third kappa shape index (κ3) is 3.34. The Kier molecular flexibility index (Phi) is 4.83. The van der Waals surface area contributed by atoms with Gasteiger partial charge in [0.1, 0.15) is 11.5 Å². The van der Waals surface area contributed by atoms with Crippen LogP contribution >= 0.6 is 0 Å². The number of nitro groups is 1. The van der Waals surface area contributed by atoms with Crippen molar-refractivity contribution in [2.24, 2.45) is 11.3 Å². The predicted octanol–water partition coefficient (Wildman–Crippen LogP) is 3.54. The van der Waals surface area contributed by atoms with Crippen LogP contribution in [0.2, 0.25) is 0 Å². The fourth-order valence-corrected chi connectivity index (χ4v) is 3.67. The lowest BCUT2D eigenvalue weighted by Crippen LogP contribution is -2.33. The van der Waals surface area contributed by atoms with Gasteiger partial charge in [0.2, 0.25) is 0 Å². The summed E-state index contributed by atoms with van der Waals surface area (Å²) in [5.41, 5.74) is -0.0502. The SMILES string of the molecule is CC1(C)COC(c2ccc(C(=O)C3C(=O)c4cccc([N+](=O)[O-])c4C3=O)cc2)OC1. The molecule has 1 unspecified atom stereocenters. The van der Waals surface area contributed by atoms with Crippen molar-refractivity contribution in [1.82, 2.24) is 0 Å². The molecule has 154 valence electrons. The highest BCUT2D eigenvalue weighted by molar-refractivity contribution is 6.38. The van der Waals surface area contributed by atoms with E-state index in [4.69, 9.17) is 9.47 Å². The Morgan fingerprint density at radius 3 is 2.27 bits per heavy atom. The molecule has 1 saturated heterocycles. The second-order valence-corrected chi connectivity index (χ2v) is 8.22. The standard InChI is InChI=1S/C22H19NO7/c1-22(2)10-29-21(30-11-22)13-8-6-12(7-9-13)18(24)17-19(25)14-4-3-5-15(23(27)28)16(14)20(17)26/h3-9,17,21H,10-11H2,1-2H3. The van der Waals surface area contributed by atoms with Crippen LogP contribution in [0.15, 0.2) is 42.5 Å². The molecule has 0 radical (unpaired) electrons. The van der Waals surface area contributed by atoms with Gasteiger partial charge in [-0.05, 0) is 0 Å². The molecule has 0 N–H and O–H groups in total. The number of benzene rings is 2. The van der Waals surface area contributed by atoms with Crippen molar-refractivity contribution in [3.8, 4) is 0 Å². The smallest absolute Gasteiger partial charge is 0.280 e. The molecule has 0 saturated carbocycles. The number of nitro benzene ring substituents is 1. The van der Waals surface area contributed by atoms with Crippen LogP contribution in [0.1, 0.15) is 56.8 Å². The van der Waals surface area contributed by atoms with E-state index in [-0.39, 0.29) is 22.1 Å². The number of Topliss-reactive ketones (excluding diaryl/α,β-unsaturated/α-hetero) is 3. The van der Waals surface area contributed by atoms with E-state index in [1.165, 1.54) is 24.3 Å². The van der Waals surface area contributed by atoms with Gasteiger partial charge in [0.25, 0.3) is 5.69 Å². The van der Waals surface area contributed by atoms with Crippen LogP contribution in [-0.2, 0) is 9.47 Å². The molecular weight excluding hydrogens is 390 g/mol. The zero-order valence-electron chi connectivity index (χ0n) is 16.4. The van der Waals surface area contributed by atoms with Gasteiger partial charge in [-0.1, -0.05) is 50.2 Å². The molecule has 0 bridgehead atoms. The maximum atomic E-state index is 12.9. The molecule has 0 aromatic heterocycles. The van der Waals surface area contributed by atoms with Gasteiger partial charge < -0.3 is 9.47 Å². The lowest BCUT2D eigenvalue weighted by molar-refractivity contribution is -0.385. The molecule has 2 aliphatic rings. The number of ketones is 3. The second kappa shape index (κ2) is 7.23. The van der Waals surface area contributed by atoms with Gasteiger partial charge in [-0.2, -0.15) is 0 Å². The lowest BCUT2D eigenvalue weighted by atomic mass is 9.92. The Labute approximate surface area is 171 Å². The third-order valence-corrected chi connectivity index (χ3v) is 5.26. The average molecular weight is 409 g/mol. The molecule has 0 amide bonds. The molecule has 2 aromatic carbocycles. The van der Waals surface area contributed by atoms with Gasteiger partial charge in [-0.25, -0.2) is 0 Å². The van der Waals surface area contributed by atoms with Gasteiger partial charge in [-0.3, -0.25) is 24.5 Å². The van der Waals surface area contributed by atoms with Gasteiger partial charge in [0, 0.05) is 28.2 Å². The Bertz CT molecular complexity index is 1060. The minimum absolute atomic E-state index is 0.0762. The van der Waals surface area contributed by atoms with Gasteiger partial charge in [-0.15, -0.1) is 0 Å². The molecule has 8 nitrogen and oxygen atoms in total. The monoisotopic (exact) mass is 409 g/mol. The third-order valence-electron chi connectivity index (χ3n) is 5.26. The van der Waals surface area contributed by atoms with Crippen molar-refractivity contribution in [3.05, 3.63) is 74.8 Å². The highest BCUT2D eigenvalue weighted by Gasteiger charge is 2.47. The highest BCUT2D eigenvalue weighted by Crippen LogP contribution is 2.36. The fraction of sp³-hybridized carbons (Fsp3) is 0.318. The first kappa shape index (κ1) is 20.1. The van der Waals surface area contributed by atoms with Crippen LogP contribution in [0.25, 0.3) is 0 Å². The summed E-state index contributed by atoms with van der Waals surface area (Å²) in [5, 5.41) is 11.2. The number of hydrogen-bond acceptors (Lipinski definition) is 7. The first-order valence-corrected chi connectivity index (χ1v) is 9.43. The minimum atomic E-state index is -1.60. The first-order valence-electron chi connectivity index (χ1n) is 9.43. The van der Waals surface area contributed by atoms with E-state index in [2.05, 4.69) is 0 Å². The molecule has 1 atom stereocenters.